The lowest BCUT2D eigenvalue weighted by atomic mass is 9.80. The van der Waals surface area contributed by atoms with Crippen LogP contribution in [0.5, 0.6) is 0 Å². The van der Waals surface area contributed by atoms with E-state index in [9.17, 15) is 4.79 Å². The van der Waals surface area contributed by atoms with E-state index in [0.717, 1.165) is 23.1 Å². The molecule has 4 heteroatoms. The molecule has 0 amide bonds. The summed E-state index contributed by atoms with van der Waals surface area (Å²) in [6.07, 6.45) is 1.23. The van der Waals surface area contributed by atoms with E-state index in [1.54, 1.807) is 0 Å². The van der Waals surface area contributed by atoms with Crippen LogP contribution in [0.3, 0.4) is 0 Å². The van der Waals surface area contributed by atoms with Gasteiger partial charge in [0, 0.05) is 6.42 Å². The van der Waals surface area contributed by atoms with Crippen LogP contribution in [0, 0.1) is 0 Å². The summed E-state index contributed by atoms with van der Waals surface area (Å²) >= 11 is 0. The first kappa shape index (κ1) is 22.7. The van der Waals surface area contributed by atoms with Gasteiger partial charge in [-0.15, -0.1) is 0 Å². The lowest BCUT2D eigenvalue weighted by Crippen LogP contribution is -2.34. The van der Waals surface area contributed by atoms with Crippen LogP contribution in [0.25, 0.3) is 0 Å². The van der Waals surface area contributed by atoms with Gasteiger partial charge in [-0.25, -0.2) is 0 Å². The number of hydrogen-bond acceptors (Lipinski definition) is 4. The topological polar surface area (TPSA) is 44.8 Å². The van der Waals surface area contributed by atoms with Crippen LogP contribution in [0.15, 0.2) is 91.0 Å². The Morgan fingerprint density at radius 3 is 1.58 bits per heavy atom. The molecule has 0 heterocycles. The minimum Gasteiger partial charge on any atom is -0.463 e. The molecule has 0 N–H and O–H groups in total. The first-order valence-electron chi connectivity index (χ1n) is 10.8. The van der Waals surface area contributed by atoms with Gasteiger partial charge in [-0.05, 0) is 23.1 Å². The molecule has 0 spiro atoms. The maximum Gasteiger partial charge on any atom is 0.305 e. The zero-order valence-corrected chi connectivity index (χ0v) is 18.0. The van der Waals surface area contributed by atoms with Gasteiger partial charge in [0.2, 0.25) is 0 Å². The van der Waals surface area contributed by atoms with E-state index in [2.05, 4.69) is 36.4 Å². The van der Waals surface area contributed by atoms with Gasteiger partial charge in [0.25, 0.3) is 0 Å². The minimum atomic E-state index is -0.749. The second-order valence-electron chi connectivity index (χ2n) is 7.21. The van der Waals surface area contributed by atoms with Gasteiger partial charge in [0.05, 0.1) is 19.8 Å². The standard InChI is InChI=1S/C27H30O4/c1-2-12-26(28)30-21-19-29-20-22-31-27(23-13-6-3-7-14-23,24-15-8-4-9-16-24)25-17-10-5-11-18-25/h3-11,13-18H,2,12,19-22H2,1H3. The molecule has 0 atom stereocenters. The van der Waals surface area contributed by atoms with Crippen LogP contribution < -0.4 is 0 Å². The highest BCUT2D eigenvalue weighted by atomic mass is 16.6. The van der Waals surface area contributed by atoms with Crippen molar-refractivity contribution < 1.29 is 19.0 Å². The van der Waals surface area contributed by atoms with Crippen LogP contribution in [0.4, 0.5) is 0 Å². The van der Waals surface area contributed by atoms with Gasteiger partial charge in [-0.2, -0.15) is 0 Å². The zero-order chi connectivity index (χ0) is 21.8. The Bertz CT molecular complexity index is 798. The Labute approximate surface area is 184 Å². The maximum atomic E-state index is 11.4. The SMILES string of the molecule is CCCC(=O)OCCOCCOC(c1ccccc1)(c1ccccc1)c1ccccc1. The van der Waals surface area contributed by atoms with E-state index in [1.807, 2.05) is 61.5 Å². The molecule has 4 nitrogen and oxygen atoms in total. The van der Waals surface area contributed by atoms with E-state index in [-0.39, 0.29) is 12.6 Å². The fourth-order valence-electron chi connectivity index (χ4n) is 3.62. The average Bonchev–Trinajstić information content (AvgIpc) is 2.83. The maximum absolute atomic E-state index is 11.4. The first-order valence-corrected chi connectivity index (χ1v) is 10.8. The fourth-order valence-corrected chi connectivity index (χ4v) is 3.62. The van der Waals surface area contributed by atoms with E-state index in [4.69, 9.17) is 14.2 Å². The Hall–Kier alpha value is -2.95. The highest BCUT2D eigenvalue weighted by molar-refractivity contribution is 5.69. The van der Waals surface area contributed by atoms with Gasteiger partial charge in [0.15, 0.2) is 0 Å². The monoisotopic (exact) mass is 418 g/mol. The summed E-state index contributed by atoms with van der Waals surface area (Å²) in [4.78, 5) is 11.4. The molecule has 162 valence electrons. The highest BCUT2D eigenvalue weighted by Crippen LogP contribution is 2.40. The molecule has 3 aromatic rings. The molecule has 0 radical (unpaired) electrons. The largest absolute Gasteiger partial charge is 0.463 e. The summed E-state index contributed by atoms with van der Waals surface area (Å²) in [6.45, 7) is 3.36. The average molecular weight is 419 g/mol. The van der Waals surface area contributed by atoms with Crippen LogP contribution in [-0.4, -0.2) is 32.4 Å². The molecule has 31 heavy (non-hydrogen) atoms. The molecule has 0 aliphatic rings. The molecule has 0 aromatic heterocycles. The molecule has 0 saturated carbocycles. The van der Waals surface area contributed by atoms with Crippen molar-refractivity contribution in [3.8, 4) is 0 Å². The highest BCUT2D eigenvalue weighted by Gasteiger charge is 2.37. The van der Waals surface area contributed by atoms with Crippen molar-refractivity contribution in [1.29, 1.82) is 0 Å². The molecule has 0 saturated heterocycles. The second kappa shape index (κ2) is 12.0. The number of rotatable bonds is 12. The van der Waals surface area contributed by atoms with Crippen molar-refractivity contribution in [2.24, 2.45) is 0 Å². The summed E-state index contributed by atoms with van der Waals surface area (Å²) in [6, 6.07) is 30.7. The van der Waals surface area contributed by atoms with E-state index < -0.39 is 5.60 Å². The minimum absolute atomic E-state index is 0.182. The molecule has 3 aromatic carbocycles. The number of carbonyl (C=O) groups excluding carboxylic acids is 1. The number of ether oxygens (including phenoxy) is 3. The van der Waals surface area contributed by atoms with Crippen LogP contribution >= 0.6 is 0 Å². The van der Waals surface area contributed by atoms with E-state index in [0.29, 0.717) is 26.2 Å². The van der Waals surface area contributed by atoms with Crippen molar-refractivity contribution in [1.82, 2.24) is 0 Å². The van der Waals surface area contributed by atoms with Crippen LogP contribution in [0.1, 0.15) is 36.5 Å². The van der Waals surface area contributed by atoms with Crippen LogP contribution in [-0.2, 0) is 24.6 Å². The lowest BCUT2D eigenvalue weighted by molar-refractivity contribution is -0.145. The Morgan fingerprint density at radius 1 is 0.677 bits per heavy atom. The predicted molar refractivity (Wildman–Crippen MR) is 122 cm³/mol. The third-order valence-corrected chi connectivity index (χ3v) is 5.03. The van der Waals surface area contributed by atoms with Crippen molar-refractivity contribution in [2.75, 3.05) is 26.4 Å². The Balaban J connectivity index is 1.75. The van der Waals surface area contributed by atoms with Crippen LogP contribution in [0.2, 0.25) is 0 Å². The third kappa shape index (κ3) is 6.03. The molecule has 0 fully saturated rings. The normalized spacial score (nSPS) is 11.3. The number of benzene rings is 3. The van der Waals surface area contributed by atoms with Gasteiger partial charge >= 0.3 is 5.97 Å². The molecule has 0 bridgehead atoms. The quantitative estimate of drug-likeness (QED) is 0.226. The van der Waals surface area contributed by atoms with Crippen molar-refractivity contribution in [2.45, 2.75) is 25.4 Å². The van der Waals surface area contributed by atoms with Gasteiger partial charge in [-0.1, -0.05) is 97.9 Å². The summed E-state index contributed by atoms with van der Waals surface area (Å²) < 4.78 is 17.4. The van der Waals surface area contributed by atoms with Gasteiger partial charge in [0.1, 0.15) is 12.2 Å². The molecule has 0 aliphatic heterocycles. The smallest absolute Gasteiger partial charge is 0.305 e. The van der Waals surface area contributed by atoms with Crippen molar-refractivity contribution >= 4 is 5.97 Å². The molecule has 3 rings (SSSR count). The third-order valence-electron chi connectivity index (χ3n) is 5.03. The number of esters is 1. The fraction of sp³-hybridized carbons (Fsp3) is 0.296. The zero-order valence-electron chi connectivity index (χ0n) is 18.0. The summed E-state index contributed by atoms with van der Waals surface area (Å²) in [7, 11) is 0. The number of carbonyl (C=O) groups is 1. The second-order valence-corrected chi connectivity index (χ2v) is 7.21. The van der Waals surface area contributed by atoms with Gasteiger partial charge in [-0.3, -0.25) is 4.79 Å². The lowest BCUT2D eigenvalue weighted by Gasteiger charge is -2.36. The van der Waals surface area contributed by atoms with Gasteiger partial charge < -0.3 is 14.2 Å². The number of hydrogen-bond donors (Lipinski definition) is 0. The van der Waals surface area contributed by atoms with E-state index in [1.165, 1.54) is 0 Å². The van der Waals surface area contributed by atoms with E-state index >= 15 is 0 Å². The molecule has 0 unspecified atom stereocenters. The predicted octanol–water partition coefficient (Wildman–Crippen LogP) is 5.36. The Kier molecular flexibility index (Phi) is 8.83. The summed E-state index contributed by atoms with van der Waals surface area (Å²) in [5.74, 6) is -0.182. The van der Waals surface area contributed by atoms with Crippen molar-refractivity contribution in [3.63, 3.8) is 0 Å². The Morgan fingerprint density at radius 2 is 1.13 bits per heavy atom. The molecular formula is C27H30O4. The van der Waals surface area contributed by atoms with Crippen molar-refractivity contribution in [3.05, 3.63) is 108 Å². The first-order chi connectivity index (χ1) is 15.3. The summed E-state index contributed by atoms with van der Waals surface area (Å²) in [5, 5.41) is 0. The molecule has 0 aliphatic carbocycles. The molecular weight excluding hydrogens is 388 g/mol. The summed E-state index contributed by atoms with van der Waals surface area (Å²) in [5.41, 5.74) is 2.42.